The summed E-state index contributed by atoms with van der Waals surface area (Å²) in [6.07, 6.45) is 0.0679. The van der Waals surface area contributed by atoms with Crippen molar-refractivity contribution in [2.24, 2.45) is 5.92 Å². The van der Waals surface area contributed by atoms with Crippen LogP contribution in [0.2, 0.25) is 5.02 Å². The molecule has 0 bridgehead atoms. The van der Waals surface area contributed by atoms with Crippen LogP contribution in [0.1, 0.15) is 27.9 Å². The summed E-state index contributed by atoms with van der Waals surface area (Å²) in [7, 11) is 1.55. The number of amides is 2. The third kappa shape index (κ3) is 4.76. The zero-order chi connectivity index (χ0) is 23.5. The molecule has 0 aromatic heterocycles. The average molecular weight is 463 g/mol. The zero-order valence-electron chi connectivity index (χ0n) is 18.3. The second-order valence-electron chi connectivity index (χ2n) is 7.96. The summed E-state index contributed by atoms with van der Waals surface area (Å²) in [6.45, 7) is 2.15. The van der Waals surface area contributed by atoms with E-state index in [0.29, 0.717) is 33.3 Å². The fourth-order valence-corrected chi connectivity index (χ4v) is 4.09. The van der Waals surface area contributed by atoms with Crippen LogP contribution in [0.5, 0.6) is 5.75 Å². The molecule has 0 saturated carbocycles. The van der Waals surface area contributed by atoms with E-state index < -0.39 is 5.92 Å². The fourth-order valence-electron chi connectivity index (χ4n) is 3.92. The van der Waals surface area contributed by atoms with Crippen LogP contribution in [0.4, 0.5) is 11.4 Å². The molecule has 1 fully saturated rings. The highest BCUT2D eigenvalue weighted by Gasteiger charge is 2.36. The minimum Gasteiger partial charge on any atom is -0.495 e. The third-order valence-electron chi connectivity index (χ3n) is 5.64. The lowest BCUT2D eigenvalue weighted by Crippen LogP contribution is -2.28. The average Bonchev–Trinajstić information content (AvgIpc) is 3.21. The Labute approximate surface area is 197 Å². The first-order valence-corrected chi connectivity index (χ1v) is 10.9. The Balaban J connectivity index is 1.56. The van der Waals surface area contributed by atoms with Gasteiger partial charge in [-0.15, -0.1) is 0 Å². The molecule has 7 heteroatoms. The van der Waals surface area contributed by atoms with Crippen LogP contribution >= 0.6 is 11.6 Å². The molecule has 33 heavy (non-hydrogen) atoms. The molecule has 168 valence electrons. The number of hydrogen-bond donors (Lipinski definition) is 1. The van der Waals surface area contributed by atoms with Crippen molar-refractivity contribution in [1.82, 2.24) is 0 Å². The van der Waals surface area contributed by atoms with Gasteiger partial charge in [-0.3, -0.25) is 14.4 Å². The lowest BCUT2D eigenvalue weighted by molar-refractivity contribution is -0.122. The summed E-state index contributed by atoms with van der Waals surface area (Å²) in [5.74, 6) is -0.735. The van der Waals surface area contributed by atoms with Crippen LogP contribution in [-0.4, -0.2) is 31.3 Å². The number of nitrogens with zero attached hydrogens (tertiary/aromatic N) is 1. The molecule has 1 saturated heterocycles. The molecule has 1 aliphatic heterocycles. The molecule has 0 radical (unpaired) electrons. The van der Waals surface area contributed by atoms with Crippen LogP contribution in [0, 0.1) is 12.8 Å². The molecule has 0 aliphatic carbocycles. The maximum atomic E-state index is 13.1. The van der Waals surface area contributed by atoms with Crippen molar-refractivity contribution < 1.29 is 19.1 Å². The molecule has 3 aromatic rings. The van der Waals surface area contributed by atoms with Crippen LogP contribution < -0.4 is 15.0 Å². The van der Waals surface area contributed by atoms with Crippen molar-refractivity contribution in [1.29, 1.82) is 0 Å². The first-order chi connectivity index (χ1) is 15.9. The predicted octanol–water partition coefficient (Wildman–Crippen LogP) is 4.88. The summed E-state index contributed by atoms with van der Waals surface area (Å²) >= 11 is 6.13. The lowest BCUT2D eigenvalue weighted by Gasteiger charge is -2.20. The normalized spacial score (nSPS) is 15.4. The minimum absolute atomic E-state index is 0.0679. The Hall–Kier alpha value is -3.64. The summed E-state index contributed by atoms with van der Waals surface area (Å²) in [5.41, 5.74) is 2.77. The standard InChI is InChI=1S/C26H23ClN2O4/c1-16-8-11-23(33-2)22(12-16)29-15-18(13-24(29)30)26(32)28-21-10-9-19(27)14-20(21)25(31)17-6-4-3-5-7-17/h3-12,14,18H,13,15H2,1-2H3,(H,28,32). The van der Waals surface area contributed by atoms with E-state index in [0.717, 1.165) is 5.56 Å². The number of ketones is 1. The van der Waals surface area contributed by atoms with Crippen LogP contribution in [0.25, 0.3) is 0 Å². The number of carbonyl (C=O) groups is 3. The summed E-state index contributed by atoms with van der Waals surface area (Å²) in [5, 5.41) is 3.22. The van der Waals surface area contributed by atoms with Gasteiger partial charge in [0.1, 0.15) is 5.75 Å². The van der Waals surface area contributed by atoms with Gasteiger partial charge in [0.2, 0.25) is 11.8 Å². The number of hydrogen-bond acceptors (Lipinski definition) is 4. The monoisotopic (exact) mass is 462 g/mol. The van der Waals surface area contributed by atoms with Gasteiger partial charge >= 0.3 is 0 Å². The Kier molecular flexibility index (Phi) is 6.47. The van der Waals surface area contributed by atoms with E-state index in [1.807, 2.05) is 25.1 Å². The van der Waals surface area contributed by atoms with Crippen molar-refractivity contribution in [3.63, 3.8) is 0 Å². The van der Waals surface area contributed by atoms with Crippen LogP contribution in [-0.2, 0) is 9.59 Å². The summed E-state index contributed by atoms with van der Waals surface area (Å²) in [6, 6.07) is 19.1. The molecular weight excluding hydrogens is 440 g/mol. The van der Waals surface area contributed by atoms with E-state index in [2.05, 4.69) is 5.32 Å². The molecule has 2 amide bonds. The van der Waals surface area contributed by atoms with Gasteiger partial charge in [-0.05, 0) is 42.8 Å². The van der Waals surface area contributed by atoms with Crippen molar-refractivity contribution in [2.75, 3.05) is 23.9 Å². The molecule has 1 heterocycles. The molecule has 1 atom stereocenters. The molecule has 0 spiro atoms. The third-order valence-corrected chi connectivity index (χ3v) is 5.88. The highest BCUT2D eigenvalue weighted by molar-refractivity contribution is 6.31. The van der Waals surface area contributed by atoms with Gasteiger partial charge in [-0.2, -0.15) is 0 Å². The van der Waals surface area contributed by atoms with Gasteiger partial charge in [-0.1, -0.05) is 48.0 Å². The van der Waals surface area contributed by atoms with Crippen LogP contribution in [0.3, 0.4) is 0 Å². The van der Waals surface area contributed by atoms with Crippen molar-refractivity contribution in [3.8, 4) is 5.75 Å². The molecular formula is C26H23ClN2O4. The molecule has 3 aromatic carbocycles. The summed E-state index contributed by atoms with van der Waals surface area (Å²) in [4.78, 5) is 40.4. The number of anilines is 2. The molecule has 1 unspecified atom stereocenters. The fraction of sp³-hybridized carbons (Fsp3) is 0.192. The van der Waals surface area contributed by atoms with Crippen molar-refractivity contribution in [2.45, 2.75) is 13.3 Å². The van der Waals surface area contributed by atoms with E-state index in [1.165, 1.54) is 6.07 Å². The number of methoxy groups -OCH3 is 1. The number of carbonyl (C=O) groups excluding carboxylic acids is 3. The van der Waals surface area contributed by atoms with Gasteiger partial charge in [0.15, 0.2) is 5.78 Å². The van der Waals surface area contributed by atoms with E-state index in [4.69, 9.17) is 16.3 Å². The number of rotatable bonds is 6. The highest BCUT2D eigenvalue weighted by Crippen LogP contribution is 2.34. The number of ether oxygens (including phenoxy) is 1. The Morgan fingerprint density at radius 3 is 2.55 bits per heavy atom. The SMILES string of the molecule is COc1ccc(C)cc1N1CC(C(=O)Nc2ccc(Cl)cc2C(=O)c2ccccc2)CC1=O. The first kappa shape index (κ1) is 22.6. The number of nitrogens with one attached hydrogen (secondary N) is 1. The molecule has 1 aliphatic rings. The Morgan fingerprint density at radius 1 is 1.06 bits per heavy atom. The van der Waals surface area contributed by atoms with E-state index in [-0.39, 0.29) is 30.6 Å². The van der Waals surface area contributed by atoms with Gasteiger partial charge in [-0.25, -0.2) is 0 Å². The largest absolute Gasteiger partial charge is 0.495 e. The summed E-state index contributed by atoms with van der Waals surface area (Å²) < 4.78 is 5.40. The quantitative estimate of drug-likeness (QED) is 0.530. The van der Waals surface area contributed by atoms with Gasteiger partial charge in [0.25, 0.3) is 0 Å². The Morgan fingerprint density at radius 2 is 1.82 bits per heavy atom. The van der Waals surface area contributed by atoms with Crippen molar-refractivity contribution in [3.05, 3.63) is 88.4 Å². The predicted molar refractivity (Wildman–Crippen MR) is 128 cm³/mol. The lowest BCUT2D eigenvalue weighted by atomic mass is 10.0. The maximum Gasteiger partial charge on any atom is 0.229 e. The van der Waals surface area contributed by atoms with E-state index >= 15 is 0 Å². The van der Waals surface area contributed by atoms with Gasteiger partial charge in [0.05, 0.1) is 24.4 Å². The molecule has 1 N–H and O–H groups in total. The minimum atomic E-state index is -0.571. The van der Waals surface area contributed by atoms with Gasteiger partial charge in [0, 0.05) is 29.1 Å². The number of benzene rings is 3. The highest BCUT2D eigenvalue weighted by atomic mass is 35.5. The zero-order valence-corrected chi connectivity index (χ0v) is 19.1. The van der Waals surface area contributed by atoms with E-state index in [9.17, 15) is 14.4 Å². The second-order valence-corrected chi connectivity index (χ2v) is 8.39. The second kappa shape index (κ2) is 9.46. The molecule has 4 rings (SSSR count). The van der Waals surface area contributed by atoms with Gasteiger partial charge < -0.3 is 15.0 Å². The topological polar surface area (TPSA) is 75.7 Å². The smallest absolute Gasteiger partial charge is 0.229 e. The molecule has 6 nitrogen and oxygen atoms in total. The maximum absolute atomic E-state index is 13.1. The first-order valence-electron chi connectivity index (χ1n) is 10.5. The van der Waals surface area contributed by atoms with Crippen LogP contribution in [0.15, 0.2) is 66.7 Å². The number of aryl methyl sites for hydroxylation is 1. The van der Waals surface area contributed by atoms with Crippen molar-refractivity contribution >= 4 is 40.6 Å². The van der Waals surface area contributed by atoms with E-state index in [1.54, 1.807) is 54.5 Å². The Bertz CT molecular complexity index is 1230. The number of halogens is 1.